The maximum Gasteiger partial charge on any atom is 0.522 e. The van der Waals surface area contributed by atoms with Gasteiger partial charge in [-0.05, 0) is 13.1 Å². The van der Waals surface area contributed by atoms with Crippen LogP contribution in [0.1, 0.15) is 0 Å². The first-order valence-corrected chi connectivity index (χ1v) is 9.58. The van der Waals surface area contributed by atoms with Crippen LogP contribution in [0.25, 0.3) is 0 Å². The fourth-order valence-electron chi connectivity index (χ4n) is 0.308. The molecule has 0 bridgehead atoms. The fraction of sp³-hybridized carbons (Fsp3) is 1.00. The Hall–Kier alpha value is -0.383. The molecule has 0 aromatic rings. The SMILES string of the molecule is C[SiH](C)OS(=O)(=O)C(F)(F)F.O=S(=O)(O)C(F)(F)F. The number of rotatable bonds is 2. The van der Waals surface area contributed by atoms with E-state index >= 15 is 0 Å². The molecule has 0 aliphatic heterocycles. The lowest BCUT2D eigenvalue weighted by Crippen LogP contribution is -2.29. The van der Waals surface area contributed by atoms with Crippen LogP contribution >= 0.6 is 0 Å². The van der Waals surface area contributed by atoms with Crippen molar-refractivity contribution in [2.75, 3.05) is 0 Å². The summed E-state index contributed by atoms with van der Waals surface area (Å²) >= 11 is 0. The van der Waals surface area contributed by atoms with Crippen molar-refractivity contribution in [3.05, 3.63) is 0 Å². The summed E-state index contributed by atoms with van der Waals surface area (Å²) < 4.78 is 116. The predicted molar refractivity (Wildman–Crippen MR) is 52.5 cm³/mol. The third-order valence-corrected chi connectivity index (χ3v) is 4.60. The summed E-state index contributed by atoms with van der Waals surface area (Å²) in [5, 5.41) is 0. The highest BCUT2D eigenvalue weighted by Crippen LogP contribution is 2.24. The second kappa shape index (κ2) is 6.38. The molecule has 0 heterocycles. The van der Waals surface area contributed by atoms with Crippen molar-refractivity contribution in [3.63, 3.8) is 0 Å². The third kappa shape index (κ3) is 8.40. The van der Waals surface area contributed by atoms with Crippen LogP contribution in [0, 0.1) is 0 Å². The number of hydrogen-bond acceptors (Lipinski definition) is 5. The smallest absolute Gasteiger partial charge is 0.312 e. The number of hydrogen-bond donors (Lipinski definition) is 1. The minimum absolute atomic E-state index is 1.34. The molecule has 0 fully saturated rings. The van der Waals surface area contributed by atoms with Crippen molar-refractivity contribution in [1.29, 1.82) is 0 Å². The predicted octanol–water partition coefficient (Wildman–Crippen LogP) is 1.23. The lowest BCUT2D eigenvalue weighted by molar-refractivity contribution is -0.0512. The first-order chi connectivity index (χ1) is 7.92. The molecule has 0 rings (SSSR count). The molecule has 0 aromatic carbocycles. The van der Waals surface area contributed by atoms with E-state index in [2.05, 4.69) is 3.87 Å². The Morgan fingerprint density at radius 2 is 1.16 bits per heavy atom. The van der Waals surface area contributed by atoms with Gasteiger partial charge in [-0.25, -0.2) is 0 Å². The van der Waals surface area contributed by atoms with E-state index in [4.69, 9.17) is 13.0 Å². The van der Waals surface area contributed by atoms with Crippen LogP contribution in [0.4, 0.5) is 26.3 Å². The molecule has 0 saturated carbocycles. The number of halogens is 6. The lowest BCUT2D eigenvalue weighted by atomic mass is 11.6. The molecule has 19 heavy (non-hydrogen) atoms. The van der Waals surface area contributed by atoms with Crippen molar-refractivity contribution < 1.29 is 51.6 Å². The summed E-state index contributed by atoms with van der Waals surface area (Å²) in [6, 6.07) is 0. The maximum atomic E-state index is 11.5. The maximum absolute atomic E-state index is 11.5. The van der Waals surface area contributed by atoms with Crippen LogP contribution in [-0.4, -0.2) is 41.4 Å². The van der Waals surface area contributed by atoms with E-state index in [1.54, 1.807) is 0 Å². The van der Waals surface area contributed by atoms with Crippen LogP contribution in [-0.2, 0) is 24.1 Å². The van der Waals surface area contributed by atoms with Crippen molar-refractivity contribution >= 4 is 29.3 Å². The molecule has 0 spiro atoms. The van der Waals surface area contributed by atoms with Crippen LogP contribution in [0.2, 0.25) is 13.1 Å². The normalized spacial score (nSPS) is 14.0. The Kier molecular flexibility index (Phi) is 7.02. The highest BCUT2D eigenvalue weighted by Gasteiger charge is 2.47. The second-order valence-electron chi connectivity index (χ2n) is 2.97. The van der Waals surface area contributed by atoms with E-state index in [-0.39, 0.29) is 0 Å². The summed E-state index contributed by atoms with van der Waals surface area (Å²) in [5.74, 6) is 0. The average Bonchev–Trinajstić information content (AvgIpc) is 1.94. The van der Waals surface area contributed by atoms with Crippen molar-refractivity contribution in [1.82, 2.24) is 0 Å². The standard InChI is InChI=1S/C3H7F3O3SSi.CHF3O3S/c1-11(2)9-10(7,8)3(4,5)6;2-1(3,4)8(5,6)7/h11H,1-2H3;(H,5,6,7). The van der Waals surface area contributed by atoms with Crippen LogP contribution in [0.3, 0.4) is 0 Å². The zero-order valence-electron chi connectivity index (χ0n) is 9.15. The summed E-state index contributed by atoms with van der Waals surface area (Å²) in [6.07, 6.45) is 0. The van der Waals surface area contributed by atoms with Crippen molar-refractivity contribution in [3.8, 4) is 0 Å². The average molecular weight is 358 g/mol. The summed E-state index contributed by atoms with van der Waals surface area (Å²) in [6.45, 7) is 2.67. The molecule has 0 aliphatic rings. The minimum Gasteiger partial charge on any atom is -0.312 e. The molecule has 0 radical (unpaired) electrons. The Labute approximate surface area is 106 Å². The van der Waals surface area contributed by atoms with Crippen LogP contribution in [0.15, 0.2) is 0 Å². The van der Waals surface area contributed by atoms with Gasteiger partial charge in [0, 0.05) is 0 Å². The third-order valence-electron chi connectivity index (χ3n) is 0.895. The first-order valence-electron chi connectivity index (χ1n) is 3.95. The number of alkyl halides is 6. The van der Waals surface area contributed by atoms with E-state index in [0.717, 1.165) is 0 Å². The van der Waals surface area contributed by atoms with Crippen molar-refractivity contribution in [2.45, 2.75) is 24.1 Å². The van der Waals surface area contributed by atoms with Crippen molar-refractivity contribution in [2.24, 2.45) is 0 Å². The van der Waals surface area contributed by atoms with E-state index in [0.29, 0.717) is 0 Å². The summed E-state index contributed by atoms with van der Waals surface area (Å²) in [5.41, 5.74) is -10.8. The van der Waals surface area contributed by atoms with Gasteiger partial charge in [0.05, 0.1) is 0 Å². The molecule has 0 aromatic heterocycles. The summed E-state index contributed by atoms with van der Waals surface area (Å²) in [7, 11) is -13.4. The molecule has 0 atom stereocenters. The lowest BCUT2D eigenvalue weighted by Gasteiger charge is -2.09. The van der Waals surface area contributed by atoms with E-state index in [9.17, 15) is 34.8 Å². The van der Waals surface area contributed by atoms with Crippen LogP contribution in [0.5, 0.6) is 0 Å². The largest absolute Gasteiger partial charge is 0.522 e. The van der Waals surface area contributed by atoms with Gasteiger partial charge in [-0.3, -0.25) is 4.55 Å². The minimum atomic E-state index is -5.84. The molecule has 6 nitrogen and oxygen atoms in total. The van der Waals surface area contributed by atoms with Gasteiger partial charge in [-0.2, -0.15) is 43.2 Å². The van der Waals surface area contributed by atoms with E-state index < -0.39 is 40.3 Å². The molecule has 0 saturated heterocycles. The Bertz CT molecular complexity index is 475. The molecule has 0 amide bonds. The quantitative estimate of drug-likeness (QED) is 0.345. The molecular weight excluding hydrogens is 350 g/mol. The Morgan fingerprint density at radius 1 is 0.895 bits per heavy atom. The fourth-order valence-corrected chi connectivity index (χ4v) is 2.77. The second-order valence-corrected chi connectivity index (χ2v) is 8.62. The zero-order chi connectivity index (χ0) is 16.3. The van der Waals surface area contributed by atoms with Gasteiger partial charge in [0.15, 0.2) is 9.04 Å². The van der Waals surface area contributed by atoms with Gasteiger partial charge in [0.2, 0.25) is 0 Å². The molecule has 0 unspecified atom stereocenters. The molecule has 118 valence electrons. The van der Waals surface area contributed by atoms with Gasteiger partial charge < -0.3 is 3.87 Å². The Balaban J connectivity index is 0. The topological polar surface area (TPSA) is 97.7 Å². The highest BCUT2D eigenvalue weighted by atomic mass is 32.2. The first kappa shape index (κ1) is 20.9. The van der Waals surface area contributed by atoms with Gasteiger partial charge in [0.25, 0.3) is 0 Å². The Morgan fingerprint density at radius 3 is 1.21 bits per heavy atom. The molecule has 1 N–H and O–H groups in total. The zero-order valence-corrected chi connectivity index (χ0v) is 11.9. The monoisotopic (exact) mass is 358 g/mol. The summed E-state index contributed by atoms with van der Waals surface area (Å²) in [4.78, 5) is 0. The van der Waals surface area contributed by atoms with E-state index in [1.165, 1.54) is 13.1 Å². The van der Waals surface area contributed by atoms with E-state index in [1.807, 2.05) is 0 Å². The van der Waals surface area contributed by atoms with Gasteiger partial charge in [-0.1, -0.05) is 0 Å². The van der Waals surface area contributed by atoms with Gasteiger partial charge >= 0.3 is 31.3 Å². The van der Waals surface area contributed by atoms with Gasteiger partial charge in [-0.15, -0.1) is 0 Å². The van der Waals surface area contributed by atoms with Gasteiger partial charge in [0.1, 0.15) is 0 Å². The van der Waals surface area contributed by atoms with Crippen LogP contribution < -0.4 is 0 Å². The molecule has 15 heteroatoms. The molecule has 0 aliphatic carbocycles. The molecular formula is C4H8F6O6S2Si. The highest BCUT2D eigenvalue weighted by molar-refractivity contribution is 7.88.